The quantitative estimate of drug-likeness (QED) is 0.250. The summed E-state index contributed by atoms with van der Waals surface area (Å²) in [5.74, 6) is 2.46. The molecule has 7 heteroatoms. The molecule has 3 aromatic carbocycles. The molecule has 0 saturated heterocycles. The fourth-order valence-corrected chi connectivity index (χ4v) is 4.14. The van der Waals surface area contributed by atoms with Gasteiger partial charge in [0.15, 0.2) is 11.5 Å². The number of hydrogen-bond donors (Lipinski definition) is 1. The van der Waals surface area contributed by atoms with Crippen molar-refractivity contribution in [2.24, 2.45) is 0 Å². The first-order chi connectivity index (χ1) is 17.2. The molecule has 0 aliphatic carbocycles. The molecule has 1 heterocycles. The van der Waals surface area contributed by atoms with Crippen molar-refractivity contribution in [2.75, 3.05) is 20.3 Å². The van der Waals surface area contributed by atoms with Crippen LogP contribution in [0.5, 0.6) is 11.5 Å². The number of hydrogen-bond acceptors (Lipinski definition) is 4. The Morgan fingerprint density at radius 3 is 2.49 bits per heavy atom. The zero-order chi connectivity index (χ0) is 24.5. The van der Waals surface area contributed by atoms with E-state index in [9.17, 15) is 4.79 Å². The Labute approximate surface area is 210 Å². The number of imidazole rings is 1. The van der Waals surface area contributed by atoms with Gasteiger partial charge in [0.1, 0.15) is 5.82 Å². The highest BCUT2D eigenvalue weighted by molar-refractivity contribution is 6.30. The van der Waals surface area contributed by atoms with Crippen molar-refractivity contribution in [3.63, 3.8) is 0 Å². The number of aromatic nitrogens is 2. The number of unbranched alkanes of at least 4 members (excludes halogenated alkanes) is 1. The van der Waals surface area contributed by atoms with Gasteiger partial charge in [-0.15, -0.1) is 0 Å². The standard InChI is InChI=1S/C28H30ClN3O3/c1-34-25-11-4-5-12-26(25)35-20-7-6-19-32-24-10-3-2-9-23(24)31-27(32)13-8-18-30-28(33)21-14-16-22(29)17-15-21/h2-5,9-12,14-17H,6-8,13,18-20H2,1H3,(H,30,33). The zero-order valence-corrected chi connectivity index (χ0v) is 20.6. The average molecular weight is 492 g/mol. The van der Waals surface area contributed by atoms with Gasteiger partial charge in [-0.2, -0.15) is 0 Å². The van der Waals surface area contributed by atoms with Crippen LogP contribution in [-0.4, -0.2) is 35.7 Å². The van der Waals surface area contributed by atoms with Crippen LogP contribution in [0.25, 0.3) is 11.0 Å². The Morgan fingerprint density at radius 2 is 1.69 bits per heavy atom. The summed E-state index contributed by atoms with van der Waals surface area (Å²) in [5.41, 5.74) is 2.74. The number of para-hydroxylation sites is 4. The SMILES string of the molecule is COc1ccccc1OCCCCn1c(CCCNC(=O)c2ccc(Cl)cc2)nc2ccccc21. The van der Waals surface area contributed by atoms with Crippen LogP contribution >= 0.6 is 11.6 Å². The van der Waals surface area contributed by atoms with Gasteiger partial charge in [0.2, 0.25) is 0 Å². The second kappa shape index (κ2) is 12.3. The van der Waals surface area contributed by atoms with Crippen molar-refractivity contribution in [3.8, 4) is 11.5 Å². The Bertz CT molecular complexity index is 1250. The predicted octanol–water partition coefficient (Wildman–Crippen LogP) is 5.92. The molecule has 4 rings (SSSR count). The molecule has 0 fully saturated rings. The lowest BCUT2D eigenvalue weighted by Gasteiger charge is -2.12. The van der Waals surface area contributed by atoms with E-state index in [1.165, 1.54) is 0 Å². The fourth-order valence-electron chi connectivity index (χ4n) is 4.01. The number of methoxy groups -OCH3 is 1. The summed E-state index contributed by atoms with van der Waals surface area (Å²) in [6.07, 6.45) is 3.48. The molecule has 0 aliphatic rings. The number of fused-ring (bicyclic) bond motifs is 1. The lowest BCUT2D eigenvalue weighted by molar-refractivity contribution is 0.0953. The number of aryl methyl sites for hydroxylation is 2. The van der Waals surface area contributed by atoms with E-state index < -0.39 is 0 Å². The molecule has 6 nitrogen and oxygen atoms in total. The number of carbonyl (C=O) groups is 1. The number of nitrogens with one attached hydrogen (secondary N) is 1. The largest absolute Gasteiger partial charge is 0.493 e. The molecule has 0 atom stereocenters. The van der Waals surface area contributed by atoms with Crippen LogP contribution in [0.15, 0.2) is 72.8 Å². The van der Waals surface area contributed by atoms with E-state index in [0.717, 1.165) is 60.6 Å². The highest BCUT2D eigenvalue weighted by Crippen LogP contribution is 2.26. The van der Waals surface area contributed by atoms with Crippen LogP contribution in [0, 0.1) is 0 Å². The molecule has 35 heavy (non-hydrogen) atoms. The lowest BCUT2D eigenvalue weighted by atomic mass is 10.2. The maximum absolute atomic E-state index is 12.3. The van der Waals surface area contributed by atoms with Crippen molar-refractivity contribution in [1.82, 2.24) is 14.9 Å². The van der Waals surface area contributed by atoms with E-state index in [4.69, 9.17) is 26.1 Å². The predicted molar refractivity (Wildman–Crippen MR) is 140 cm³/mol. The number of halogens is 1. The van der Waals surface area contributed by atoms with E-state index in [2.05, 4.69) is 16.0 Å². The highest BCUT2D eigenvalue weighted by atomic mass is 35.5. The van der Waals surface area contributed by atoms with E-state index in [1.807, 2.05) is 42.5 Å². The van der Waals surface area contributed by atoms with Gasteiger partial charge in [-0.25, -0.2) is 4.98 Å². The first kappa shape index (κ1) is 24.6. The first-order valence-electron chi connectivity index (χ1n) is 11.9. The fraction of sp³-hybridized carbons (Fsp3) is 0.286. The Morgan fingerprint density at radius 1 is 0.943 bits per heavy atom. The molecule has 0 radical (unpaired) electrons. The second-order valence-electron chi connectivity index (χ2n) is 8.24. The molecule has 0 saturated carbocycles. The van der Waals surface area contributed by atoms with Crippen LogP contribution in [0.4, 0.5) is 0 Å². The van der Waals surface area contributed by atoms with Crippen LogP contribution in [-0.2, 0) is 13.0 Å². The van der Waals surface area contributed by atoms with Crippen molar-refractivity contribution in [3.05, 3.63) is 89.2 Å². The van der Waals surface area contributed by atoms with E-state index in [0.29, 0.717) is 23.7 Å². The van der Waals surface area contributed by atoms with Crippen LogP contribution in [0.1, 0.15) is 35.4 Å². The molecule has 1 aromatic heterocycles. The van der Waals surface area contributed by atoms with E-state index in [1.54, 1.807) is 31.4 Å². The van der Waals surface area contributed by atoms with Gasteiger partial charge in [-0.3, -0.25) is 4.79 Å². The minimum Gasteiger partial charge on any atom is -0.493 e. The third-order valence-electron chi connectivity index (χ3n) is 5.81. The second-order valence-corrected chi connectivity index (χ2v) is 8.68. The number of benzene rings is 3. The number of rotatable bonds is 12. The summed E-state index contributed by atoms with van der Waals surface area (Å²) in [6.45, 7) is 2.07. The van der Waals surface area contributed by atoms with Gasteiger partial charge in [0, 0.05) is 30.1 Å². The molecule has 1 amide bonds. The number of amides is 1. The van der Waals surface area contributed by atoms with Gasteiger partial charge >= 0.3 is 0 Å². The molecule has 1 N–H and O–H groups in total. The van der Waals surface area contributed by atoms with Crippen molar-refractivity contribution < 1.29 is 14.3 Å². The van der Waals surface area contributed by atoms with Crippen LogP contribution in [0.3, 0.4) is 0 Å². The molecule has 4 aromatic rings. The molecular formula is C28H30ClN3O3. The summed E-state index contributed by atoms with van der Waals surface area (Å²) in [4.78, 5) is 17.2. The van der Waals surface area contributed by atoms with Gasteiger partial charge < -0.3 is 19.4 Å². The summed E-state index contributed by atoms with van der Waals surface area (Å²) >= 11 is 5.90. The molecule has 0 bridgehead atoms. The minimum absolute atomic E-state index is 0.0924. The summed E-state index contributed by atoms with van der Waals surface area (Å²) in [6, 6.07) is 22.8. The maximum Gasteiger partial charge on any atom is 0.251 e. The number of ether oxygens (including phenoxy) is 2. The third kappa shape index (κ3) is 6.55. The topological polar surface area (TPSA) is 65.4 Å². The number of nitrogens with zero attached hydrogens (tertiary/aromatic N) is 2. The first-order valence-corrected chi connectivity index (χ1v) is 12.3. The monoisotopic (exact) mass is 491 g/mol. The van der Waals surface area contributed by atoms with Gasteiger partial charge in [0.25, 0.3) is 5.91 Å². The van der Waals surface area contributed by atoms with Gasteiger partial charge in [0.05, 0.1) is 24.8 Å². The summed E-state index contributed by atoms with van der Waals surface area (Å²) < 4.78 is 13.6. The van der Waals surface area contributed by atoms with Crippen molar-refractivity contribution in [2.45, 2.75) is 32.2 Å². The summed E-state index contributed by atoms with van der Waals surface area (Å²) in [5, 5.41) is 3.60. The Balaban J connectivity index is 1.29. The minimum atomic E-state index is -0.0924. The van der Waals surface area contributed by atoms with Crippen molar-refractivity contribution >= 4 is 28.5 Å². The molecule has 182 valence electrons. The van der Waals surface area contributed by atoms with E-state index >= 15 is 0 Å². The lowest BCUT2D eigenvalue weighted by Crippen LogP contribution is -2.25. The van der Waals surface area contributed by atoms with Crippen LogP contribution in [0.2, 0.25) is 5.02 Å². The molecule has 0 unspecified atom stereocenters. The Kier molecular flexibility index (Phi) is 8.63. The average Bonchev–Trinajstić information content (AvgIpc) is 3.24. The normalized spacial score (nSPS) is 10.9. The van der Waals surface area contributed by atoms with Crippen molar-refractivity contribution in [1.29, 1.82) is 0 Å². The molecular weight excluding hydrogens is 462 g/mol. The van der Waals surface area contributed by atoms with Gasteiger partial charge in [-0.05, 0) is 67.8 Å². The van der Waals surface area contributed by atoms with Crippen LogP contribution < -0.4 is 14.8 Å². The Hall–Kier alpha value is -3.51. The maximum atomic E-state index is 12.3. The van der Waals surface area contributed by atoms with E-state index in [-0.39, 0.29) is 5.91 Å². The zero-order valence-electron chi connectivity index (χ0n) is 19.9. The highest BCUT2D eigenvalue weighted by Gasteiger charge is 2.11. The summed E-state index contributed by atoms with van der Waals surface area (Å²) in [7, 11) is 1.65. The molecule has 0 spiro atoms. The smallest absolute Gasteiger partial charge is 0.251 e. The third-order valence-corrected chi connectivity index (χ3v) is 6.06. The number of carbonyl (C=O) groups excluding carboxylic acids is 1. The van der Waals surface area contributed by atoms with Gasteiger partial charge in [-0.1, -0.05) is 35.9 Å². The molecule has 0 aliphatic heterocycles.